The highest BCUT2D eigenvalue weighted by molar-refractivity contribution is 5.94. The molecule has 46 heavy (non-hydrogen) atoms. The van der Waals surface area contributed by atoms with Crippen LogP contribution in [-0.2, 0) is 31.9 Å². The first kappa shape index (κ1) is 36.0. The summed E-state index contributed by atoms with van der Waals surface area (Å²) in [5.74, 6) is -0.796. The van der Waals surface area contributed by atoms with Crippen LogP contribution in [0.5, 0.6) is 11.5 Å². The van der Waals surface area contributed by atoms with Crippen molar-refractivity contribution in [3.8, 4) is 11.5 Å². The molecule has 0 fully saturated rings. The fourth-order valence-electron chi connectivity index (χ4n) is 4.59. The molecule has 0 unspecified atom stereocenters. The van der Waals surface area contributed by atoms with Crippen molar-refractivity contribution in [1.82, 2.24) is 0 Å². The van der Waals surface area contributed by atoms with E-state index in [0.29, 0.717) is 50.4 Å². The number of benzene rings is 3. The Kier molecular flexibility index (Phi) is 16.1. The van der Waals surface area contributed by atoms with Crippen LogP contribution in [-0.4, -0.2) is 37.1 Å². The molecule has 3 rings (SSSR count). The Morgan fingerprint density at radius 3 is 1.20 bits per heavy atom. The van der Waals surface area contributed by atoms with Crippen LogP contribution in [0.15, 0.2) is 72.8 Å². The average Bonchev–Trinajstić information content (AvgIpc) is 3.07. The minimum Gasteiger partial charge on any atom is -0.466 e. The Morgan fingerprint density at radius 1 is 0.478 bits per heavy atom. The van der Waals surface area contributed by atoms with Crippen LogP contribution in [0, 0.1) is 0 Å². The van der Waals surface area contributed by atoms with Crippen LogP contribution in [0.2, 0.25) is 0 Å². The van der Waals surface area contributed by atoms with Gasteiger partial charge in [0.25, 0.3) is 0 Å². The number of carbonyl (C=O) groups excluding carboxylic acids is 4. The topological polar surface area (TPSA) is 105 Å². The number of esters is 4. The molecule has 0 bridgehead atoms. The standard InChI is InChI=1S/C38H46O8/c1-3-5-7-9-27-43-35(39)25-15-29-11-21-33(22-12-29)45-37(41)31-17-19-32(20-18-31)38(42)46-34-23-13-30(14-24-34)16-26-36(40)44-28-10-8-6-4-2/h11-14,17-24H,3-10,15-16,25-28H2,1-2H3. The van der Waals surface area contributed by atoms with Gasteiger partial charge in [-0.3, -0.25) is 9.59 Å². The molecule has 0 atom stereocenters. The maximum Gasteiger partial charge on any atom is 0.343 e. The fraction of sp³-hybridized carbons (Fsp3) is 0.421. The molecule has 3 aromatic rings. The molecular weight excluding hydrogens is 584 g/mol. The van der Waals surface area contributed by atoms with Crippen LogP contribution < -0.4 is 9.47 Å². The van der Waals surface area contributed by atoms with Gasteiger partial charge in [0, 0.05) is 12.8 Å². The van der Waals surface area contributed by atoms with Crippen molar-refractivity contribution >= 4 is 23.9 Å². The molecule has 0 amide bonds. The van der Waals surface area contributed by atoms with Gasteiger partial charge in [0.1, 0.15) is 11.5 Å². The second-order valence-electron chi connectivity index (χ2n) is 11.2. The molecule has 246 valence electrons. The van der Waals surface area contributed by atoms with Gasteiger partial charge in [-0.1, -0.05) is 76.6 Å². The Bertz CT molecular complexity index is 1250. The van der Waals surface area contributed by atoms with Crippen molar-refractivity contribution in [2.75, 3.05) is 13.2 Å². The van der Waals surface area contributed by atoms with Crippen molar-refractivity contribution in [3.05, 3.63) is 95.1 Å². The zero-order valence-electron chi connectivity index (χ0n) is 27.1. The number of rotatable bonds is 20. The Hall–Kier alpha value is -4.46. The molecule has 8 heteroatoms. The monoisotopic (exact) mass is 630 g/mol. The van der Waals surface area contributed by atoms with E-state index in [2.05, 4.69) is 13.8 Å². The number of hydrogen-bond donors (Lipinski definition) is 0. The highest BCUT2D eigenvalue weighted by Gasteiger charge is 2.13. The minimum atomic E-state index is -0.560. The predicted octanol–water partition coefficient (Wildman–Crippen LogP) is 8.24. The molecule has 0 saturated carbocycles. The van der Waals surface area contributed by atoms with Crippen LogP contribution in [0.3, 0.4) is 0 Å². The lowest BCUT2D eigenvalue weighted by molar-refractivity contribution is -0.144. The van der Waals surface area contributed by atoms with E-state index in [0.717, 1.165) is 62.5 Å². The number of ether oxygens (including phenoxy) is 4. The number of carbonyl (C=O) groups is 4. The van der Waals surface area contributed by atoms with Gasteiger partial charge >= 0.3 is 23.9 Å². The summed E-state index contributed by atoms with van der Waals surface area (Å²) >= 11 is 0. The van der Waals surface area contributed by atoms with Crippen LogP contribution >= 0.6 is 0 Å². The Balaban J connectivity index is 1.38. The molecule has 0 aliphatic heterocycles. The normalized spacial score (nSPS) is 10.7. The smallest absolute Gasteiger partial charge is 0.343 e. The summed E-state index contributed by atoms with van der Waals surface area (Å²) in [7, 11) is 0. The van der Waals surface area contributed by atoms with Crippen molar-refractivity contribution in [1.29, 1.82) is 0 Å². The first-order valence-corrected chi connectivity index (χ1v) is 16.4. The molecule has 8 nitrogen and oxygen atoms in total. The van der Waals surface area contributed by atoms with E-state index in [1.807, 2.05) is 24.3 Å². The van der Waals surface area contributed by atoms with Gasteiger partial charge in [-0.2, -0.15) is 0 Å². The summed E-state index contributed by atoms with van der Waals surface area (Å²) in [6.45, 7) is 5.20. The molecule has 0 aliphatic rings. The quantitative estimate of drug-likeness (QED) is 0.0698. The first-order chi connectivity index (χ1) is 22.4. The fourth-order valence-corrected chi connectivity index (χ4v) is 4.59. The van der Waals surface area contributed by atoms with E-state index < -0.39 is 11.9 Å². The summed E-state index contributed by atoms with van der Waals surface area (Å²) in [5.41, 5.74) is 2.44. The molecule has 3 aromatic carbocycles. The van der Waals surface area contributed by atoms with E-state index in [1.54, 1.807) is 24.3 Å². The molecule has 0 aromatic heterocycles. The molecule has 0 radical (unpaired) electrons. The second-order valence-corrected chi connectivity index (χ2v) is 11.2. The van der Waals surface area contributed by atoms with Crippen molar-refractivity contribution in [2.45, 2.75) is 90.9 Å². The molecule has 0 heterocycles. The van der Waals surface area contributed by atoms with E-state index in [1.165, 1.54) is 24.3 Å². The Morgan fingerprint density at radius 2 is 0.848 bits per heavy atom. The molecule has 0 N–H and O–H groups in total. The van der Waals surface area contributed by atoms with E-state index in [-0.39, 0.29) is 23.1 Å². The van der Waals surface area contributed by atoms with Crippen LogP contribution in [0.4, 0.5) is 0 Å². The third-order valence-electron chi connectivity index (χ3n) is 7.38. The number of unbranched alkanes of at least 4 members (excludes halogenated alkanes) is 6. The summed E-state index contributed by atoms with van der Waals surface area (Å²) < 4.78 is 21.5. The van der Waals surface area contributed by atoms with Crippen molar-refractivity contribution in [2.24, 2.45) is 0 Å². The third-order valence-corrected chi connectivity index (χ3v) is 7.38. The van der Waals surface area contributed by atoms with Gasteiger partial charge < -0.3 is 18.9 Å². The lowest BCUT2D eigenvalue weighted by Gasteiger charge is -2.08. The lowest BCUT2D eigenvalue weighted by Crippen LogP contribution is -2.11. The first-order valence-electron chi connectivity index (χ1n) is 16.4. The highest BCUT2D eigenvalue weighted by Crippen LogP contribution is 2.18. The average molecular weight is 631 g/mol. The van der Waals surface area contributed by atoms with Crippen molar-refractivity contribution in [3.63, 3.8) is 0 Å². The maximum absolute atomic E-state index is 12.6. The zero-order valence-corrected chi connectivity index (χ0v) is 27.1. The maximum atomic E-state index is 12.6. The van der Waals surface area contributed by atoms with Gasteiger partial charge in [0.15, 0.2) is 0 Å². The van der Waals surface area contributed by atoms with E-state index >= 15 is 0 Å². The van der Waals surface area contributed by atoms with Crippen LogP contribution in [0.1, 0.15) is 110 Å². The molecular formula is C38H46O8. The van der Waals surface area contributed by atoms with E-state index in [9.17, 15) is 19.2 Å². The molecule has 0 spiro atoms. The predicted molar refractivity (Wildman–Crippen MR) is 176 cm³/mol. The number of aryl methyl sites for hydroxylation is 2. The van der Waals surface area contributed by atoms with Gasteiger partial charge in [0.2, 0.25) is 0 Å². The lowest BCUT2D eigenvalue weighted by atomic mass is 10.1. The van der Waals surface area contributed by atoms with Crippen LogP contribution in [0.25, 0.3) is 0 Å². The van der Waals surface area contributed by atoms with Gasteiger partial charge in [-0.25, -0.2) is 9.59 Å². The zero-order chi connectivity index (χ0) is 33.0. The largest absolute Gasteiger partial charge is 0.466 e. The highest BCUT2D eigenvalue weighted by atomic mass is 16.5. The van der Waals surface area contributed by atoms with Gasteiger partial charge in [-0.15, -0.1) is 0 Å². The third kappa shape index (κ3) is 13.7. The number of hydrogen-bond acceptors (Lipinski definition) is 8. The van der Waals surface area contributed by atoms with Crippen molar-refractivity contribution < 1.29 is 38.1 Å². The summed E-state index contributed by atoms with van der Waals surface area (Å²) in [6, 6.07) is 20.0. The van der Waals surface area contributed by atoms with Gasteiger partial charge in [0.05, 0.1) is 24.3 Å². The summed E-state index contributed by atoms with van der Waals surface area (Å²) in [4.78, 5) is 49.2. The minimum absolute atomic E-state index is 0.212. The summed E-state index contributed by atoms with van der Waals surface area (Å²) in [5, 5.41) is 0. The SMILES string of the molecule is CCCCCCOC(=O)CCc1ccc(OC(=O)c2ccc(C(=O)Oc3ccc(CCC(=O)OCCCCCC)cc3)cc2)cc1. The van der Waals surface area contributed by atoms with E-state index in [4.69, 9.17) is 18.9 Å². The summed E-state index contributed by atoms with van der Waals surface area (Å²) in [6.07, 6.45) is 10.2. The second kappa shape index (κ2) is 20.5. The molecule has 0 aliphatic carbocycles. The van der Waals surface area contributed by atoms with Gasteiger partial charge in [-0.05, 0) is 85.3 Å². The molecule has 0 saturated heterocycles. The Labute approximate surface area is 272 Å².